The quantitative estimate of drug-likeness (QED) is 0.829. The molecule has 126 valence electrons. The van der Waals surface area contributed by atoms with Crippen LogP contribution in [0.25, 0.3) is 0 Å². The zero-order valence-electron chi connectivity index (χ0n) is 14.9. The van der Waals surface area contributed by atoms with E-state index in [1.54, 1.807) is 0 Å². The lowest BCUT2D eigenvalue weighted by atomic mass is 10.00. The van der Waals surface area contributed by atoms with Crippen LogP contribution in [0, 0.1) is 0 Å². The van der Waals surface area contributed by atoms with Crippen LogP contribution in [0.2, 0.25) is 0 Å². The normalized spacial score (nSPS) is 13.0. The van der Waals surface area contributed by atoms with Gasteiger partial charge >= 0.3 is 5.97 Å². The van der Waals surface area contributed by atoms with Crippen LogP contribution < -0.4 is 5.73 Å². The molecular formula is C19H33NO2. The Kier molecular flexibility index (Phi) is 11.5. The number of unbranched alkanes of at least 4 members (excludes halogenated alkanes) is 1. The van der Waals surface area contributed by atoms with Crippen molar-refractivity contribution < 1.29 is 9.53 Å². The lowest BCUT2D eigenvalue weighted by molar-refractivity contribution is -0.141. The number of methoxy groups -OCH3 is 1. The Bertz CT molecular complexity index is 427. The number of benzene rings is 1. The Morgan fingerprint density at radius 3 is 2.32 bits per heavy atom. The van der Waals surface area contributed by atoms with Crippen LogP contribution in [0.4, 0.5) is 0 Å². The lowest BCUT2D eigenvalue weighted by Gasteiger charge is -2.12. The minimum Gasteiger partial charge on any atom is -0.469 e. The highest BCUT2D eigenvalue weighted by Crippen LogP contribution is 2.25. The molecule has 0 bridgehead atoms. The van der Waals surface area contributed by atoms with Crippen molar-refractivity contribution in [3.8, 4) is 0 Å². The third-order valence-electron chi connectivity index (χ3n) is 3.66. The molecule has 0 heterocycles. The first-order valence-corrected chi connectivity index (χ1v) is 8.56. The smallest absolute Gasteiger partial charge is 0.307 e. The topological polar surface area (TPSA) is 52.3 Å². The summed E-state index contributed by atoms with van der Waals surface area (Å²) in [7, 11) is 1.39. The summed E-state index contributed by atoms with van der Waals surface area (Å²) in [6.45, 7) is 8.36. The monoisotopic (exact) mass is 307 g/mol. The van der Waals surface area contributed by atoms with Crippen molar-refractivity contribution in [2.75, 3.05) is 7.11 Å². The van der Waals surface area contributed by atoms with E-state index in [0.29, 0.717) is 0 Å². The van der Waals surface area contributed by atoms with Gasteiger partial charge in [0.25, 0.3) is 0 Å². The third-order valence-corrected chi connectivity index (χ3v) is 3.66. The largest absolute Gasteiger partial charge is 0.469 e. The number of esters is 1. The molecule has 1 unspecified atom stereocenters. The molecular weight excluding hydrogens is 274 g/mol. The molecule has 3 nitrogen and oxygen atoms in total. The van der Waals surface area contributed by atoms with Gasteiger partial charge in [0.2, 0.25) is 0 Å². The van der Waals surface area contributed by atoms with Gasteiger partial charge in [0.05, 0.1) is 13.5 Å². The van der Waals surface area contributed by atoms with Gasteiger partial charge in [-0.3, -0.25) is 4.79 Å². The van der Waals surface area contributed by atoms with Gasteiger partial charge in [0.1, 0.15) is 0 Å². The molecule has 0 amide bonds. The first-order chi connectivity index (χ1) is 10.6. The van der Waals surface area contributed by atoms with Crippen molar-refractivity contribution in [1.29, 1.82) is 0 Å². The number of carbonyl (C=O) groups excluding carboxylic acids is 1. The molecule has 22 heavy (non-hydrogen) atoms. The van der Waals surface area contributed by atoms with Gasteiger partial charge in [0.15, 0.2) is 0 Å². The summed E-state index contributed by atoms with van der Waals surface area (Å²) in [6.07, 6.45) is 6.41. The fourth-order valence-electron chi connectivity index (χ4n) is 2.20. The summed E-state index contributed by atoms with van der Waals surface area (Å²) in [4.78, 5) is 11.1. The van der Waals surface area contributed by atoms with E-state index in [2.05, 4.69) is 30.7 Å². The summed E-state index contributed by atoms with van der Waals surface area (Å²) in [5, 5.41) is 0. The maximum Gasteiger partial charge on any atom is 0.307 e. The average Bonchev–Trinajstić information content (AvgIpc) is 3.04. The molecule has 2 rings (SSSR count). The molecule has 0 spiro atoms. The number of rotatable bonds is 4. The fraction of sp³-hybridized carbons (Fsp3) is 0.632. The number of carbonyl (C=O) groups is 1. The Morgan fingerprint density at radius 1 is 1.18 bits per heavy atom. The van der Waals surface area contributed by atoms with E-state index < -0.39 is 0 Å². The van der Waals surface area contributed by atoms with Gasteiger partial charge in [-0.05, 0) is 36.0 Å². The van der Waals surface area contributed by atoms with E-state index in [1.165, 1.54) is 43.9 Å². The first kappa shape index (κ1) is 20.6. The number of fused-ring (bicyclic) bond motifs is 1. The maximum absolute atomic E-state index is 11.1. The minimum absolute atomic E-state index is 0.245. The summed E-state index contributed by atoms with van der Waals surface area (Å²) < 4.78 is 4.62. The highest BCUT2D eigenvalue weighted by Gasteiger charge is 2.15. The van der Waals surface area contributed by atoms with Crippen molar-refractivity contribution in [2.45, 2.75) is 72.3 Å². The predicted octanol–water partition coefficient (Wildman–Crippen LogP) is 4.57. The van der Waals surface area contributed by atoms with Gasteiger partial charge in [0, 0.05) is 6.04 Å². The van der Waals surface area contributed by atoms with Crippen molar-refractivity contribution in [3.63, 3.8) is 0 Å². The number of hydrogen-bond acceptors (Lipinski definition) is 3. The molecule has 0 aliphatic heterocycles. The van der Waals surface area contributed by atoms with Gasteiger partial charge in [-0.2, -0.15) is 0 Å². The molecule has 0 fully saturated rings. The van der Waals surface area contributed by atoms with Crippen LogP contribution in [0.1, 0.15) is 76.1 Å². The Balaban J connectivity index is 0.000000640. The summed E-state index contributed by atoms with van der Waals surface area (Å²) >= 11 is 0. The van der Waals surface area contributed by atoms with Gasteiger partial charge in [-0.15, -0.1) is 0 Å². The number of nitrogens with two attached hydrogens (primary N) is 1. The van der Waals surface area contributed by atoms with Gasteiger partial charge < -0.3 is 10.5 Å². The maximum atomic E-state index is 11.1. The molecule has 1 aromatic carbocycles. The molecule has 0 saturated heterocycles. The minimum atomic E-state index is -0.256. The highest BCUT2D eigenvalue weighted by atomic mass is 16.5. The Hall–Kier alpha value is -1.35. The molecule has 1 aliphatic rings. The molecule has 1 aliphatic carbocycles. The van der Waals surface area contributed by atoms with Crippen molar-refractivity contribution in [1.82, 2.24) is 0 Å². The first-order valence-electron chi connectivity index (χ1n) is 8.56. The molecule has 3 heteroatoms. The van der Waals surface area contributed by atoms with Gasteiger partial charge in [-0.25, -0.2) is 0 Å². The summed E-state index contributed by atoms with van der Waals surface area (Å²) in [5.41, 5.74) is 9.81. The van der Waals surface area contributed by atoms with Crippen LogP contribution in [-0.2, 0) is 22.4 Å². The Morgan fingerprint density at radius 2 is 1.77 bits per heavy atom. The zero-order valence-corrected chi connectivity index (χ0v) is 14.9. The second-order valence-corrected chi connectivity index (χ2v) is 5.27. The predicted molar refractivity (Wildman–Crippen MR) is 94.0 cm³/mol. The highest BCUT2D eigenvalue weighted by molar-refractivity contribution is 5.70. The van der Waals surface area contributed by atoms with E-state index in [4.69, 9.17) is 5.73 Å². The number of hydrogen-bond donors (Lipinski definition) is 1. The Labute approximate surface area is 136 Å². The lowest BCUT2D eigenvalue weighted by Crippen LogP contribution is -2.16. The third kappa shape index (κ3) is 7.08. The van der Waals surface area contributed by atoms with Gasteiger partial charge in [-0.1, -0.05) is 58.7 Å². The molecule has 2 N–H and O–H groups in total. The molecule has 0 saturated carbocycles. The SMILES string of the molecule is CC.CCCC.COC(=O)CC(N)c1ccc2c(c1)CCC2. The molecule has 1 atom stereocenters. The summed E-state index contributed by atoms with van der Waals surface area (Å²) in [6, 6.07) is 6.04. The van der Waals surface area contributed by atoms with Crippen molar-refractivity contribution in [3.05, 3.63) is 34.9 Å². The second-order valence-electron chi connectivity index (χ2n) is 5.27. The van der Waals surface area contributed by atoms with Crippen LogP contribution in [-0.4, -0.2) is 13.1 Å². The molecule has 0 radical (unpaired) electrons. The fourth-order valence-corrected chi connectivity index (χ4v) is 2.20. The van der Waals surface area contributed by atoms with Crippen LogP contribution in [0.5, 0.6) is 0 Å². The van der Waals surface area contributed by atoms with Crippen molar-refractivity contribution >= 4 is 5.97 Å². The van der Waals surface area contributed by atoms with Crippen LogP contribution in [0.3, 0.4) is 0 Å². The van der Waals surface area contributed by atoms with E-state index in [-0.39, 0.29) is 18.4 Å². The van der Waals surface area contributed by atoms with E-state index in [9.17, 15) is 4.79 Å². The second kappa shape index (κ2) is 12.2. The standard InChI is InChI=1S/C13H17NO2.C4H10.C2H6/c1-16-13(15)8-12(14)11-6-5-9-3-2-4-10(9)7-11;1-3-4-2;1-2/h5-7,12H,2-4,8,14H2,1H3;3-4H2,1-2H3;1-2H3. The van der Waals surface area contributed by atoms with E-state index in [0.717, 1.165) is 12.0 Å². The summed E-state index contributed by atoms with van der Waals surface area (Å²) in [5.74, 6) is -0.256. The number of ether oxygens (including phenoxy) is 1. The zero-order chi connectivity index (χ0) is 17.0. The van der Waals surface area contributed by atoms with E-state index in [1.807, 2.05) is 19.9 Å². The number of aryl methyl sites for hydroxylation is 2. The average molecular weight is 307 g/mol. The van der Waals surface area contributed by atoms with E-state index >= 15 is 0 Å². The molecule has 1 aromatic rings. The molecule has 0 aromatic heterocycles. The van der Waals surface area contributed by atoms with Crippen molar-refractivity contribution in [2.24, 2.45) is 5.73 Å². The van der Waals surface area contributed by atoms with Crippen LogP contribution in [0.15, 0.2) is 18.2 Å². The van der Waals surface area contributed by atoms with Crippen LogP contribution >= 0.6 is 0 Å².